The Morgan fingerprint density at radius 2 is 1.67 bits per heavy atom. The van der Waals surface area contributed by atoms with E-state index in [9.17, 15) is 31.1 Å². The number of hydrogen-bond acceptors (Lipinski definition) is 2. The van der Waals surface area contributed by atoms with Crippen LogP contribution in [0.4, 0.5) is 26.3 Å². The van der Waals surface area contributed by atoms with Crippen LogP contribution in [0.2, 0.25) is 5.02 Å². The molecule has 0 aliphatic carbocycles. The third kappa shape index (κ3) is 3.28. The topological polar surface area (TPSA) is 26.3 Å². The van der Waals surface area contributed by atoms with E-state index in [1.807, 2.05) is 0 Å². The first-order valence-corrected chi connectivity index (χ1v) is 4.56. The van der Waals surface area contributed by atoms with Crippen LogP contribution in [-0.4, -0.2) is 12.1 Å². The summed E-state index contributed by atoms with van der Waals surface area (Å²) in [6.45, 7) is 0. The predicted octanol–water partition coefficient (Wildman–Crippen LogP) is 3.83. The van der Waals surface area contributed by atoms with Gasteiger partial charge in [-0.3, -0.25) is 0 Å². The quantitative estimate of drug-likeness (QED) is 0.447. The van der Waals surface area contributed by atoms with Gasteiger partial charge in [0.25, 0.3) is 0 Å². The summed E-state index contributed by atoms with van der Waals surface area (Å²) in [5.41, 5.74) is -1.56. The molecule has 1 aromatic carbocycles. The molecule has 0 aliphatic heterocycles. The summed E-state index contributed by atoms with van der Waals surface area (Å²) in [6, 6.07) is 2.19. The Morgan fingerprint density at radius 3 is 2.11 bits per heavy atom. The summed E-state index contributed by atoms with van der Waals surface area (Å²) in [7, 11) is 0. The van der Waals surface area contributed by atoms with Gasteiger partial charge in [0.1, 0.15) is 0 Å². The molecule has 2 nitrogen and oxygen atoms in total. The molecule has 0 aromatic heterocycles. The third-order valence-corrected chi connectivity index (χ3v) is 2.00. The highest BCUT2D eigenvalue weighted by molar-refractivity contribution is 6.32. The fraction of sp³-hybridized carbons (Fsp3) is 0.222. The average molecular weight is 293 g/mol. The summed E-state index contributed by atoms with van der Waals surface area (Å²) in [5.74, 6) is -4.14. The minimum Gasteiger partial charge on any atom is -0.418 e. The fourth-order valence-electron chi connectivity index (χ4n) is 0.986. The molecule has 0 fully saturated rings. The van der Waals surface area contributed by atoms with Crippen molar-refractivity contribution < 1.29 is 35.9 Å². The second-order valence-corrected chi connectivity index (χ2v) is 3.41. The standard InChI is InChI=1S/C9H3ClF6O2/c10-5-3-1-2-4(8(11,12)13)6(5)18-7(17)9(14,15)16/h1-3H. The molecule has 0 heterocycles. The molecule has 0 bridgehead atoms. The molecule has 0 unspecified atom stereocenters. The lowest BCUT2D eigenvalue weighted by molar-refractivity contribution is -0.190. The summed E-state index contributed by atoms with van der Waals surface area (Å²) < 4.78 is 76.7. The molecule has 0 N–H and O–H groups in total. The van der Waals surface area contributed by atoms with Crippen LogP contribution in [0, 0.1) is 0 Å². The third-order valence-electron chi connectivity index (χ3n) is 1.70. The maximum atomic E-state index is 12.4. The summed E-state index contributed by atoms with van der Waals surface area (Å²) in [4.78, 5) is 10.5. The molecule has 0 atom stereocenters. The number of carbonyl (C=O) groups excluding carboxylic acids is 1. The number of benzene rings is 1. The van der Waals surface area contributed by atoms with Crippen molar-refractivity contribution in [1.82, 2.24) is 0 Å². The van der Waals surface area contributed by atoms with Crippen molar-refractivity contribution in [3.05, 3.63) is 28.8 Å². The minimum absolute atomic E-state index is 0.449. The maximum Gasteiger partial charge on any atom is 0.491 e. The van der Waals surface area contributed by atoms with Gasteiger partial charge in [0, 0.05) is 0 Å². The fourth-order valence-corrected chi connectivity index (χ4v) is 1.20. The highest BCUT2D eigenvalue weighted by atomic mass is 35.5. The monoisotopic (exact) mass is 292 g/mol. The van der Waals surface area contributed by atoms with Crippen molar-refractivity contribution in [2.24, 2.45) is 0 Å². The van der Waals surface area contributed by atoms with E-state index in [0.717, 1.165) is 12.1 Å². The average Bonchev–Trinajstić information content (AvgIpc) is 2.17. The molecule has 0 amide bonds. The molecule has 1 rings (SSSR count). The Labute approximate surface area is 101 Å². The Morgan fingerprint density at radius 1 is 1.11 bits per heavy atom. The number of carbonyl (C=O) groups is 1. The van der Waals surface area contributed by atoms with Crippen LogP contribution in [0.3, 0.4) is 0 Å². The van der Waals surface area contributed by atoms with Crippen LogP contribution < -0.4 is 4.74 Å². The van der Waals surface area contributed by atoms with Crippen LogP contribution in [0.15, 0.2) is 18.2 Å². The van der Waals surface area contributed by atoms with E-state index in [1.54, 1.807) is 0 Å². The number of rotatable bonds is 1. The predicted molar refractivity (Wildman–Crippen MR) is 48.1 cm³/mol. The SMILES string of the molecule is O=C(Oc1c(Cl)cccc1C(F)(F)F)C(F)(F)F. The Hall–Kier alpha value is -1.44. The van der Waals surface area contributed by atoms with Crippen LogP contribution in [0.5, 0.6) is 5.75 Å². The molecule has 0 spiro atoms. The smallest absolute Gasteiger partial charge is 0.418 e. The van der Waals surface area contributed by atoms with E-state index in [-0.39, 0.29) is 0 Å². The molecule has 0 radical (unpaired) electrons. The van der Waals surface area contributed by atoms with Gasteiger partial charge < -0.3 is 4.74 Å². The molecule has 18 heavy (non-hydrogen) atoms. The lowest BCUT2D eigenvalue weighted by Crippen LogP contribution is -2.29. The molecule has 0 saturated carbocycles. The number of hydrogen-bond donors (Lipinski definition) is 0. The van der Waals surface area contributed by atoms with Gasteiger partial charge in [-0.1, -0.05) is 17.7 Å². The number of halogens is 7. The van der Waals surface area contributed by atoms with Crippen molar-refractivity contribution in [3.63, 3.8) is 0 Å². The first-order valence-electron chi connectivity index (χ1n) is 4.18. The van der Waals surface area contributed by atoms with Crippen LogP contribution in [-0.2, 0) is 11.0 Å². The second kappa shape index (κ2) is 4.68. The number of esters is 1. The van der Waals surface area contributed by atoms with Crippen molar-refractivity contribution in [3.8, 4) is 5.75 Å². The lowest BCUT2D eigenvalue weighted by atomic mass is 10.2. The molecule has 9 heteroatoms. The summed E-state index contributed by atoms with van der Waals surface area (Å²) >= 11 is 5.29. The van der Waals surface area contributed by atoms with Gasteiger partial charge in [-0.05, 0) is 12.1 Å². The van der Waals surface area contributed by atoms with E-state index < -0.39 is 34.7 Å². The normalized spacial score (nSPS) is 12.4. The zero-order chi connectivity index (χ0) is 14.1. The molecular formula is C9H3ClF6O2. The van der Waals surface area contributed by atoms with Gasteiger partial charge in [0.05, 0.1) is 10.6 Å². The first kappa shape index (κ1) is 14.6. The van der Waals surface area contributed by atoms with Gasteiger partial charge >= 0.3 is 18.3 Å². The number of para-hydroxylation sites is 1. The van der Waals surface area contributed by atoms with Gasteiger partial charge in [0.2, 0.25) is 0 Å². The zero-order valence-corrected chi connectivity index (χ0v) is 8.95. The molecule has 100 valence electrons. The van der Waals surface area contributed by atoms with Gasteiger partial charge in [-0.25, -0.2) is 4.79 Å². The largest absolute Gasteiger partial charge is 0.491 e. The Balaban J connectivity index is 3.20. The van der Waals surface area contributed by atoms with Crippen molar-refractivity contribution in [1.29, 1.82) is 0 Å². The van der Waals surface area contributed by atoms with E-state index in [4.69, 9.17) is 11.6 Å². The van der Waals surface area contributed by atoms with Crippen LogP contribution in [0.25, 0.3) is 0 Å². The van der Waals surface area contributed by atoms with Gasteiger partial charge in [0.15, 0.2) is 5.75 Å². The van der Waals surface area contributed by atoms with Gasteiger partial charge in [-0.2, -0.15) is 26.3 Å². The molecule has 0 saturated heterocycles. The maximum absolute atomic E-state index is 12.4. The molecule has 1 aromatic rings. The minimum atomic E-state index is -5.41. The van der Waals surface area contributed by atoms with E-state index >= 15 is 0 Å². The molecular weight excluding hydrogens is 290 g/mol. The first-order chi connectivity index (χ1) is 8.03. The summed E-state index contributed by atoms with van der Waals surface area (Å²) in [6.07, 6.45) is -10.4. The van der Waals surface area contributed by atoms with Gasteiger partial charge in [-0.15, -0.1) is 0 Å². The van der Waals surface area contributed by atoms with Crippen LogP contribution >= 0.6 is 11.6 Å². The van der Waals surface area contributed by atoms with Crippen molar-refractivity contribution >= 4 is 17.6 Å². The second-order valence-electron chi connectivity index (χ2n) is 3.00. The molecule has 0 aliphatic rings. The Bertz CT molecular complexity index is 465. The highest BCUT2D eigenvalue weighted by Gasteiger charge is 2.44. The van der Waals surface area contributed by atoms with Crippen molar-refractivity contribution in [2.45, 2.75) is 12.4 Å². The summed E-state index contributed by atoms with van der Waals surface area (Å²) in [5, 5.41) is -0.748. The lowest BCUT2D eigenvalue weighted by Gasteiger charge is -2.14. The van der Waals surface area contributed by atoms with E-state index in [2.05, 4.69) is 4.74 Å². The van der Waals surface area contributed by atoms with Crippen molar-refractivity contribution in [2.75, 3.05) is 0 Å². The Kier molecular flexibility index (Phi) is 3.80. The number of alkyl halides is 6. The number of ether oxygens (including phenoxy) is 1. The highest BCUT2D eigenvalue weighted by Crippen LogP contribution is 2.40. The van der Waals surface area contributed by atoms with Crippen LogP contribution in [0.1, 0.15) is 5.56 Å². The van der Waals surface area contributed by atoms with E-state index in [1.165, 1.54) is 0 Å². The van der Waals surface area contributed by atoms with E-state index in [0.29, 0.717) is 6.07 Å². The zero-order valence-electron chi connectivity index (χ0n) is 8.19.